The molecule has 0 aromatic heterocycles. The highest BCUT2D eigenvalue weighted by Crippen LogP contribution is 2.23. The van der Waals surface area contributed by atoms with Crippen LogP contribution in [0.3, 0.4) is 0 Å². The molecule has 0 saturated heterocycles. The lowest BCUT2D eigenvalue weighted by Crippen LogP contribution is -2.35. The van der Waals surface area contributed by atoms with E-state index < -0.39 is 5.97 Å². The molecular formula is C16H26N2O2. The molecule has 0 heterocycles. The molecule has 0 spiro atoms. The second-order valence-electron chi connectivity index (χ2n) is 5.88. The summed E-state index contributed by atoms with van der Waals surface area (Å²) in [5, 5.41) is 9.06. The Morgan fingerprint density at radius 3 is 2.10 bits per heavy atom. The minimum Gasteiger partial charge on any atom is -0.480 e. The van der Waals surface area contributed by atoms with Crippen LogP contribution < -0.4 is 4.90 Å². The average Bonchev–Trinajstić information content (AvgIpc) is 2.36. The fourth-order valence-electron chi connectivity index (χ4n) is 2.26. The highest BCUT2D eigenvalue weighted by atomic mass is 16.4. The molecule has 0 bridgehead atoms. The van der Waals surface area contributed by atoms with Gasteiger partial charge in [0.2, 0.25) is 0 Å². The zero-order valence-electron chi connectivity index (χ0n) is 13.1. The third-order valence-corrected chi connectivity index (χ3v) is 3.38. The highest BCUT2D eigenvalue weighted by Gasteiger charge is 2.19. The van der Waals surface area contributed by atoms with Gasteiger partial charge in [-0.1, -0.05) is 26.0 Å². The predicted octanol–water partition coefficient (Wildman–Crippen LogP) is 2.86. The third-order valence-electron chi connectivity index (χ3n) is 3.38. The summed E-state index contributed by atoms with van der Waals surface area (Å²) in [6, 6.07) is 8.40. The summed E-state index contributed by atoms with van der Waals surface area (Å²) < 4.78 is 0. The second kappa shape index (κ2) is 7.29. The first-order valence-corrected chi connectivity index (χ1v) is 7.04. The Morgan fingerprint density at radius 1 is 1.15 bits per heavy atom. The van der Waals surface area contributed by atoms with E-state index in [0.29, 0.717) is 5.92 Å². The number of rotatable bonds is 7. The first-order chi connectivity index (χ1) is 9.31. The lowest BCUT2D eigenvalue weighted by molar-refractivity contribution is -0.139. The molecule has 112 valence electrons. The smallest absolute Gasteiger partial charge is 0.317 e. The summed E-state index contributed by atoms with van der Waals surface area (Å²) in [7, 11) is 4.02. The van der Waals surface area contributed by atoms with Gasteiger partial charge in [-0.15, -0.1) is 0 Å². The Kier molecular flexibility index (Phi) is 6.02. The van der Waals surface area contributed by atoms with E-state index >= 15 is 0 Å². The minimum atomic E-state index is -0.776. The molecule has 20 heavy (non-hydrogen) atoms. The van der Waals surface area contributed by atoms with Crippen molar-refractivity contribution >= 4 is 11.7 Å². The maximum absolute atomic E-state index is 11.0. The molecule has 0 saturated carbocycles. The number of hydrogen-bond acceptors (Lipinski definition) is 3. The molecule has 0 amide bonds. The first-order valence-electron chi connectivity index (χ1n) is 7.04. The van der Waals surface area contributed by atoms with Crippen molar-refractivity contribution in [1.29, 1.82) is 0 Å². The molecule has 0 aliphatic rings. The van der Waals surface area contributed by atoms with Gasteiger partial charge in [0.25, 0.3) is 0 Å². The number of aliphatic carboxylic acids is 1. The largest absolute Gasteiger partial charge is 0.480 e. The summed E-state index contributed by atoms with van der Waals surface area (Å²) in [6.07, 6.45) is 0. The van der Waals surface area contributed by atoms with Gasteiger partial charge >= 0.3 is 5.97 Å². The zero-order valence-corrected chi connectivity index (χ0v) is 13.1. The number of carbonyl (C=O) groups is 1. The van der Waals surface area contributed by atoms with Gasteiger partial charge in [0, 0.05) is 32.4 Å². The quantitative estimate of drug-likeness (QED) is 0.833. The zero-order chi connectivity index (χ0) is 15.3. The van der Waals surface area contributed by atoms with Crippen LogP contribution in [-0.2, 0) is 4.79 Å². The summed E-state index contributed by atoms with van der Waals surface area (Å²) in [4.78, 5) is 15.1. The maximum Gasteiger partial charge on any atom is 0.317 e. The van der Waals surface area contributed by atoms with Gasteiger partial charge in [0.15, 0.2) is 0 Å². The number of carboxylic acid groups (broad SMARTS) is 1. The lowest BCUT2D eigenvalue weighted by Gasteiger charge is -2.29. The molecule has 4 heteroatoms. The van der Waals surface area contributed by atoms with Crippen LogP contribution in [0.5, 0.6) is 0 Å². The van der Waals surface area contributed by atoms with Gasteiger partial charge in [0.1, 0.15) is 0 Å². The van der Waals surface area contributed by atoms with Crippen LogP contribution in [0.25, 0.3) is 0 Å². The van der Waals surface area contributed by atoms with Crippen molar-refractivity contribution < 1.29 is 9.90 Å². The molecule has 0 aliphatic carbocycles. The van der Waals surface area contributed by atoms with E-state index in [0.717, 1.165) is 17.8 Å². The van der Waals surface area contributed by atoms with Crippen molar-refractivity contribution in [2.24, 2.45) is 5.92 Å². The third kappa shape index (κ3) is 4.85. The molecule has 1 rings (SSSR count). The first kappa shape index (κ1) is 16.5. The van der Waals surface area contributed by atoms with Gasteiger partial charge < -0.3 is 10.0 Å². The van der Waals surface area contributed by atoms with Crippen molar-refractivity contribution in [3.05, 3.63) is 29.8 Å². The van der Waals surface area contributed by atoms with Crippen molar-refractivity contribution in [2.45, 2.75) is 26.8 Å². The summed E-state index contributed by atoms with van der Waals surface area (Å²) in [6.45, 7) is 7.14. The number of anilines is 1. The SMILES string of the molecule is CC(C)CN(CC(=O)O)C(C)c1ccc(N(C)C)cc1. The van der Waals surface area contributed by atoms with E-state index in [1.807, 2.05) is 19.0 Å². The predicted molar refractivity (Wildman–Crippen MR) is 83.2 cm³/mol. The molecule has 1 unspecified atom stereocenters. The average molecular weight is 278 g/mol. The van der Waals surface area contributed by atoms with E-state index in [1.54, 1.807) is 0 Å². The van der Waals surface area contributed by atoms with Crippen molar-refractivity contribution in [1.82, 2.24) is 4.90 Å². The molecule has 0 fully saturated rings. The Bertz CT molecular complexity index is 427. The monoisotopic (exact) mass is 278 g/mol. The Balaban J connectivity index is 2.87. The minimum absolute atomic E-state index is 0.0782. The van der Waals surface area contributed by atoms with Crippen molar-refractivity contribution in [3.63, 3.8) is 0 Å². The molecule has 4 nitrogen and oxygen atoms in total. The van der Waals surface area contributed by atoms with Crippen LogP contribution in [0, 0.1) is 5.92 Å². The number of benzene rings is 1. The summed E-state index contributed by atoms with van der Waals surface area (Å²) >= 11 is 0. The summed E-state index contributed by atoms with van der Waals surface area (Å²) in [5.41, 5.74) is 2.30. The van der Waals surface area contributed by atoms with Crippen molar-refractivity contribution in [2.75, 3.05) is 32.1 Å². The highest BCUT2D eigenvalue weighted by molar-refractivity contribution is 5.69. The molecule has 0 radical (unpaired) electrons. The molecule has 1 aromatic carbocycles. The van der Waals surface area contributed by atoms with E-state index in [1.165, 1.54) is 0 Å². The van der Waals surface area contributed by atoms with Crippen LogP contribution in [0.15, 0.2) is 24.3 Å². The molecule has 1 aromatic rings. The number of nitrogens with zero attached hydrogens (tertiary/aromatic N) is 2. The molecule has 0 aliphatic heterocycles. The summed E-state index contributed by atoms with van der Waals surface area (Å²) in [5.74, 6) is -0.333. The van der Waals surface area contributed by atoms with Crippen LogP contribution in [0.2, 0.25) is 0 Å². The topological polar surface area (TPSA) is 43.8 Å². The molecule has 1 atom stereocenters. The second-order valence-corrected chi connectivity index (χ2v) is 5.88. The molecular weight excluding hydrogens is 252 g/mol. The fraction of sp³-hybridized carbons (Fsp3) is 0.562. The van der Waals surface area contributed by atoms with Gasteiger partial charge in [-0.25, -0.2) is 0 Å². The van der Waals surface area contributed by atoms with Gasteiger partial charge in [-0.3, -0.25) is 9.69 Å². The van der Waals surface area contributed by atoms with Gasteiger partial charge in [-0.2, -0.15) is 0 Å². The van der Waals surface area contributed by atoms with Crippen LogP contribution in [0.4, 0.5) is 5.69 Å². The maximum atomic E-state index is 11.0. The van der Waals surface area contributed by atoms with E-state index in [9.17, 15) is 4.79 Å². The van der Waals surface area contributed by atoms with Gasteiger partial charge in [-0.05, 0) is 30.5 Å². The van der Waals surface area contributed by atoms with Crippen LogP contribution >= 0.6 is 0 Å². The van der Waals surface area contributed by atoms with Crippen molar-refractivity contribution in [3.8, 4) is 0 Å². The standard InChI is InChI=1S/C16H26N2O2/c1-12(2)10-18(11-16(19)20)13(3)14-6-8-15(9-7-14)17(4)5/h6-9,12-13H,10-11H2,1-5H3,(H,19,20). The van der Waals surface area contributed by atoms with E-state index in [4.69, 9.17) is 5.11 Å². The lowest BCUT2D eigenvalue weighted by atomic mass is 10.0. The molecule has 1 N–H and O–H groups in total. The van der Waals surface area contributed by atoms with Gasteiger partial charge in [0.05, 0.1) is 6.54 Å². The van der Waals surface area contributed by atoms with E-state index in [2.05, 4.69) is 49.9 Å². The Labute approximate surface area is 122 Å². The van der Waals surface area contributed by atoms with Crippen LogP contribution in [-0.4, -0.2) is 43.2 Å². The fourth-order valence-corrected chi connectivity index (χ4v) is 2.26. The number of carboxylic acids is 1. The van der Waals surface area contributed by atoms with Crippen LogP contribution in [0.1, 0.15) is 32.4 Å². The Morgan fingerprint density at radius 2 is 1.70 bits per heavy atom. The normalized spacial score (nSPS) is 12.8. The Hall–Kier alpha value is -1.55. The number of hydrogen-bond donors (Lipinski definition) is 1. The van der Waals surface area contributed by atoms with E-state index in [-0.39, 0.29) is 12.6 Å².